The maximum atomic E-state index is 12.0. The minimum Gasteiger partial charge on any atom is -0.491 e. The number of hydrogen-bond acceptors (Lipinski definition) is 3. The van der Waals surface area contributed by atoms with E-state index < -0.39 is 0 Å². The number of benzene rings is 2. The fourth-order valence-corrected chi connectivity index (χ4v) is 2.09. The van der Waals surface area contributed by atoms with Crippen molar-refractivity contribution in [1.82, 2.24) is 0 Å². The highest BCUT2D eigenvalue weighted by atomic mass is 35.5. The Morgan fingerprint density at radius 2 is 1.96 bits per heavy atom. The van der Waals surface area contributed by atoms with Crippen molar-refractivity contribution >= 4 is 23.2 Å². The molecule has 0 heterocycles. The van der Waals surface area contributed by atoms with Crippen LogP contribution in [-0.4, -0.2) is 18.6 Å². The Kier molecular flexibility index (Phi) is 5.88. The average Bonchev–Trinajstić information content (AvgIpc) is 2.48. The summed E-state index contributed by atoms with van der Waals surface area (Å²) in [4.78, 5) is 12.0. The Morgan fingerprint density at radius 3 is 2.65 bits per heavy atom. The van der Waals surface area contributed by atoms with Crippen molar-refractivity contribution in [3.05, 3.63) is 53.1 Å². The summed E-state index contributed by atoms with van der Waals surface area (Å²) >= 11 is 5.95. The third-order valence-corrected chi connectivity index (χ3v) is 3.41. The predicted molar refractivity (Wildman–Crippen MR) is 92.5 cm³/mol. The van der Waals surface area contributed by atoms with Gasteiger partial charge in [-0.05, 0) is 56.7 Å². The molecule has 0 aliphatic carbocycles. The van der Waals surface area contributed by atoms with Gasteiger partial charge in [0.25, 0.3) is 5.91 Å². The molecule has 0 aromatic heterocycles. The van der Waals surface area contributed by atoms with Gasteiger partial charge in [0.1, 0.15) is 11.5 Å². The lowest BCUT2D eigenvalue weighted by atomic mass is 10.2. The van der Waals surface area contributed by atoms with Crippen molar-refractivity contribution in [2.75, 3.05) is 11.9 Å². The topological polar surface area (TPSA) is 47.6 Å². The molecule has 2 rings (SSSR count). The molecule has 0 fully saturated rings. The molecule has 5 heteroatoms. The van der Waals surface area contributed by atoms with Gasteiger partial charge in [-0.15, -0.1) is 0 Å². The molecule has 122 valence electrons. The molecule has 0 atom stereocenters. The Balaban J connectivity index is 1.90. The molecular formula is C18H20ClNO3. The summed E-state index contributed by atoms with van der Waals surface area (Å²) in [5.74, 6) is 1.09. The third-order valence-electron chi connectivity index (χ3n) is 2.99. The molecule has 1 N–H and O–H groups in total. The molecular weight excluding hydrogens is 314 g/mol. The van der Waals surface area contributed by atoms with Crippen molar-refractivity contribution in [1.29, 1.82) is 0 Å². The SMILES string of the molecule is Cc1cc(OCC(=O)Nc2cccc(OC(C)C)c2)ccc1Cl. The maximum Gasteiger partial charge on any atom is 0.262 e. The van der Waals surface area contributed by atoms with Crippen LogP contribution in [0.2, 0.25) is 5.02 Å². The largest absolute Gasteiger partial charge is 0.491 e. The monoisotopic (exact) mass is 333 g/mol. The standard InChI is InChI=1S/C18H20ClNO3/c1-12(2)23-16-6-4-5-14(10-16)20-18(21)11-22-15-7-8-17(19)13(3)9-15/h4-10,12H,11H2,1-3H3,(H,20,21). The zero-order valence-corrected chi connectivity index (χ0v) is 14.2. The van der Waals surface area contributed by atoms with E-state index in [1.807, 2.05) is 32.9 Å². The maximum absolute atomic E-state index is 12.0. The summed E-state index contributed by atoms with van der Waals surface area (Å²) in [6, 6.07) is 12.5. The molecule has 0 saturated heterocycles. The van der Waals surface area contributed by atoms with Crippen LogP contribution in [0.4, 0.5) is 5.69 Å². The molecule has 4 nitrogen and oxygen atoms in total. The molecule has 0 bridgehead atoms. The van der Waals surface area contributed by atoms with Crippen LogP contribution in [0, 0.1) is 6.92 Å². The van der Waals surface area contributed by atoms with E-state index in [-0.39, 0.29) is 18.6 Å². The second-order valence-electron chi connectivity index (χ2n) is 5.44. The van der Waals surface area contributed by atoms with E-state index in [1.54, 1.807) is 30.3 Å². The van der Waals surface area contributed by atoms with Gasteiger partial charge >= 0.3 is 0 Å². The van der Waals surface area contributed by atoms with Gasteiger partial charge in [0.15, 0.2) is 6.61 Å². The first-order valence-electron chi connectivity index (χ1n) is 7.39. The Hall–Kier alpha value is -2.20. The van der Waals surface area contributed by atoms with Crippen LogP contribution in [-0.2, 0) is 4.79 Å². The number of hydrogen-bond donors (Lipinski definition) is 1. The van der Waals surface area contributed by atoms with Crippen molar-refractivity contribution in [3.63, 3.8) is 0 Å². The van der Waals surface area contributed by atoms with Crippen LogP contribution >= 0.6 is 11.6 Å². The third kappa shape index (κ3) is 5.49. The molecule has 2 aromatic rings. The number of halogens is 1. The van der Waals surface area contributed by atoms with Gasteiger partial charge in [-0.3, -0.25) is 4.79 Å². The lowest BCUT2D eigenvalue weighted by Crippen LogP contribution is -2.20. The number of carbonyl (C=O) groups is 1. The quantitative estimate of drug-likeness (QED) is 0.849. The summed E-state index contributed by atoms with van der Waals surface area (Å²) in [6.45, 7) is 5.71. The smallest absolute Gasteiger partial charge is 0.262 e. The number of nitrogens with one attached hydrogen (secondary N) is 1. The number of carbonyl (C=O) groups excluding carboxylic acids is 1. The van der Waals surface area contributed by atoms with Crippen molar-refractivity contribution in [2.45, 2.75) is 26.9 Å². The van der Waals surface area contributed by atoms with Gasteiger partial charge in [-0.1, -0.05) is 17.7 Å². The molecule has 0 saturated carbocycles. The van der Waals surface area contributed by atoms with Gasteiger partial charge in [-0.2, -0.15) is 0 Å². The van der Waals surface area contributed by atoms with E-state index in [1.165, 1.54) is 0 Å². The highest BCUT2D eigenvalue weighted by Crippen LogP contribution is 2.21. The summed E-state index contributed by atoms with van der Waals surface area (Å²) < 4.78 is 11.1. The van der Waals surface area contributed by atoms with Gasteiger partial charge in [0, 0.05) is 16.8 Å². The predicted octanol–water partition coefficient (Wildman–Crippen LogP) is 4.45. The zero-order valence-electron chi connectivity index (χ0n) is 13.4. The summed E-state index contributed by atoms with van der Waals surface area (Å²) in [5, 5.41) is 3.45. The molecule has 23 heavy (non-hydrogen) atoms. The lowest BCUT2D eigenvalue weighted by molar-refractivity contribution is -0.118. The fourth-order valence-electron chi connectivity index (χ4n) is 1.97. The van der Waals surface area contributed by atoms with Crippen LogP contribution in [0.5, 0.6) is 11.5 Å². The van der Waals surface area contributed by atoms with E-state index in [2.05, 4.69) is 5.32 Å². The summed E-state index contributed by atoms with van der Waals surface area (Å²) in [5.41, 5.74) is 1.58. The van der Waals surface area contributed by atoms with Crippen LogP contribution in [0.15, 0.2) is 42.5 Å². The molecule has 0 spiro atoms. The Bertz CT molecular complexity index is 686. The fraction of sp³-hybridized carbons (Fsp3) is 0.278. The van der Waals surface area contributed by atoms with E-state index in [4.69, 9.17) is 21.1 Å². The highest BCUT2D eigenvalue weighted by molar-refractivity contribution is 6.31. The molecule has 0 unspecified atom stereocenters. The number of aryl methyl sites for hydroxylation is 1. The minimum atomic E-state index is -0.237. The van der Waals surface area contributed by atoms with Crippen LogP contribution in [0.25, 0.3) is 0 Å². The van der Waals surface area contributed by atoms with Gasteiger partial charge < -0.3 is 14.8 Å². The first kappa shape index (κ1) is 17.2. The lowest BCUT2D eigenvalue weighted by Gasteiger charge is -2.12. The van der Waals surface area contributed by atoms with Gasteiger partial charge in [-0.25, -0.2) is 0 Å². The second kappa shape index (κ2) is 7.88. The van der Waals surface area contributed by atoms with Crippen molar-refractivity contribution in [3.8, 4) is 11.5 Å². The van der Waals surface area contributed by atoms with Crippen LogP contribution < -0.4 is 14.8 Å². The number of anilines is 1. The van der Waals surface area contributed by atoms with Gasteiger partial charge in [0.05, 0.1) is 6.10 Å². The highest BCUT2D eigenvalue weighted by Gasteiger charge is 2.06. The summed E-state index contributed by atoms with van der Waals surface area (Å²) in [6.07, 6.45) is 0.0810. The number of rotatable bonds is 6. The van der Waals surface area contributed by atoms with E-state index in [0.29, 0.717) is 22.2 Å². The second-order valence-corrected chi connectivity index (χ2v) is 5.85. The first-order valence-corrected chi connectivity index (χ1v) is 7.77. The van der Waals surface area contributed by atoms with E-state index in [9.17, 15) is 4.79 Å². The van der Waals surface area contributed by atoms with Crippen molar-refractivity contribution < 1.29 is 14.3 Å². The van der Waals surface area contributed by atoms with Gasteiger partial charge in [0.2, 0.25) is 0 Å². The van der Waals surface area contributed by atoms with E-state index in [0.717, 1.165) is 5.56 Å². The first-order chi connectivity index (χ1) is 10.9. The molecule has 2 aromatic carbocycles. The number of amides is 1. The molecule has 0 aliphatic rings. The normalized spacial score (nSPS) is 10.5. The Labute approximate surface area is 141 Å². The van der Waals surface area contributed by atoms with Crippen LogP contribution in [0.1, 0.15) is 19.4 Å². The van der Waals surface area contributed by atoms with E-state index >= 15 is 0 Å². The van der Waals surface area contributed by atoms with Crippen molar-refractivity contribution in [2.24, 2.45) is 0 Å². The summed E-state index contributed by atoms with van der Waals surface area (Å²) in [7, 11) is 0. The van der Waals surface area contributed by atoms with Crippen LogP contribution in [0.3, 0.4) is 0 Å². The number of ether oxygens (including phenoxy) is 2. The molecule has 0 radical (unpaired) electrons. The molecule has 1 amide bonds. The average molecular weight is 334 g/mol. The Morgan fingerprint density at radius 1 is 1.17 bits per heavy atom. The zero-order chi connectivity index (χ0) is 16.8. The minimum absolute atomic E-state index is 0.0731. The molecule has 0 aliphatic heterocycles.